The lowest BCUT2D eigenvalue weighted by atomic mass is 10.1. The SMILES string of the molecule is CCCCCN(C)c1nc(C)cc(C)c1CCl. The minimum absolute atomic E-state index is 0.534. The van der Waals surface area contributed by atoms with Gasteiger partial charge < -0.3 is 4.90 Å². The van der Waals surface area contributed by atoms with E-state index in [0.717, 1.165) is 23.6 Å². The van der Waals surface area contributed by atoms with Crippen LogP contribution in [-0.4, -0.2) is 18.6 Å². The number of unbranched alkanes of at least 4 members (excludes halogenated alkanes) is 2. The molecule has 0 aliphatic heterocycles. The largest absolute Gasteiger partial charge is 0.359 e. The molecule has 1 aromatic heterocycles. The van der Waals surface area contributed by atoms with E-state index in [4.69, 9.17) is 11.6 Å². The van der Waals surface area contributed by atoms with E-state index in [1.165, 1.54) is 24.8 Å². The van der Waals surface area contributed by atoms with Crippen LogP contribution in [0.25, 0.3) is 0 Å². The van der Waals surface area contributed by atoms with E-state index in [9.17, 15) is 0 Å². The summed E-state index contributed by atoms with van der Waals surface area (Å²) in [4.78, 5) is 6.85. The summed E-state index contributed by atoms with van der Waals surface area (Å²) in [6, 6.07) is 2.10. The molecule has 0 radical (unpaired) electrons. The number of halogens is 1. The van der Waals surface area contributed by atoms with E-state index >= 15 is 0 Å². The third kappa shape index (κ3) is 3.88. The number of nitrogens with zero attached hydrogens (tertiary/aromatic N) is 2. The Balaban J connectivity index is 2.87. The molecule has 1 heterocycles. The molecule has 0 aliphatic carbocycles. The molecule has 0 bridgehead atoms. The highest BCUT2D eigenvalue weighted by Crippen LogP contribution is 2.23. The van der Waals surface area contributed by atoms with E-state index in [-0.39, 0.29) is 0 Å². The summed E-state index contributed by atoms with van der Waals surface area (Å²) < 4.78 is 0. The van der Waals surface area contributed by atoms with Gasteiger partial charge in [0, 0.05) is 24.8 Å². The minimum atomic E-state index is 0.534. The quantitative estimate of drug-likeness (QED) is 0.562. The number of hydrogen-bond acceptors (Lipinski definition) is 2. The molecule has 3 heteroatoms. The molecular weight excluding hydrogens is 232 g/mol. The van der Waals surface area contributed by atoms with Crippen molar-refractivity contribution in [2.45, 2.75) is 45.9 Å². The van der Waals surface area contributed by atoms with Crippen molar-refractivity contribution in [3.05, 3.63) is 22.9 Å². The van der Waals surface area contributed by atoms with E-state index in [1.54, 1.807) is 0 Å². The maximum absolute atomic E-state index is 6.03. The molecule has 0 N–H and O–H groups in total. The predicted molar refractivity (Wildman–Crippen MR) is 76.1 cm³/mol. The summed E-state index contributed by atoms with van der Waals surface area (Å²) in [6.45, 7) is 7.41. The summed E-state index contributed by atoms with van der Waals surface area (Å²) in [5.41, 5.74) is 3.47. The first-order valence-electron chi connectivity index (χ1n) is 6.34. The Bertz CT molecular complexity index is 363. The fourth-order valence-corrected chi connectivity index (χ4v) is 2.36. The third-order valence-corrected chi connectivity index (χ3v) is 3.31. The van der Waals surface area contributed by atoms with Crippen molar-refractivity contribution in [1.82, 2.24) is 4.98 Å². The van der Waals surface area contributed by atoms with E-state index in [1.807, 2.05) is 6.92 Å². The molecular formula is C14H23ClN2. The van der Waals surface area contributed by atoms with Crippen molar-refractivity contribution in [3.63, 3.8) is 0 Å². The summed E-state index contributed by atoms with van der Waals surface area (Å²) in [7, 11) is 2.10. The monoisotopic (exact) mass is 254 g/mol. The van der Waals surface area contributed by atoms with Crippen LogP contribution < -0.4 is 4.90 Å². The summed E-state index contributed by atoms with van der Waals surface area (Å²) in [5, 5.41) is 0. The number of rotatable bonds is 6. The zero-order valence-corrected chi connectivity index (χ0v) is 12.1. The molecule has 0 spiro atoms. The molecule has 2 nitrogen and oxygen atoms in total. The third-order valence-electron chi connectivity index (χ3n) is 3.05. The Kier molecular flexibility index (Phi) is 5.76. The highest BCUT2D eigenvalue weighted by atomic mass is 35.5. The standard InChI is InChI=1S/C14H23ClN2/c1-5-6-7-8-17(4)14-13(10-15)11(2)9-12(3)16-14/h9H,5-8,10H2,1-4H3. The average Bonchev–Trinajstić information content (AvgIpc) is 2.28. The fourth-order valence-electron chi connectivity index (χ4n) is 2.03. The molecule has 96 valence electrons. The first-order valence-corrected chi connectivity index (χ1v) is 6.87. The van der Waals surface area contributed by atoms with Gasteiger partial charge in [-0.25, -0.2) is 4.98 Å². The molecule has 17 heavy (non-hydrogen) atoms. The topological polar surface area (TPSA) is 16.1 Å². The van der Waals surface area contributed by atoms with Crippen molar-refractivity contribution in [1.29, 1.82) is 0 Å². The zero-order chi connectivity index (χ0) is 12.8. The van der Waals surface area contributed by atoms with Crippen LogP contribution in [0, 0.1) is 13.8 Å². The summed E-state index contributed by atoms with van der Waals surface area (Å²) in [6.07, 6.45) is 3.73. The fraction of sp³-hybridized carbons (Fsp3) is 0.643. The molecule has 0 unspecified atom stereocenters. The number of anilines is 1. The van der Waals surface area contributed by atoms with Gasteiger partial charge in [0.05, 0.1) is 5.88 Å². The number of alkyl halides is 1. The van der Waals surface area contributed by atoms with Gasteiger partial charge in [0.25, 0.3) is 0 Å². The van der Waals surface area contributed by atoms with E-state index in [0.29, 0.717) is 5.88 Å². The Labute approximate surface area is 110 Å². The molecule has 1 aromatic rings. The maximum atomic E-state index is 6.03. The van der Waals surface area contributed by atoms with Gasteiger partial charge in [-0.1, -0.05) is 19.8 Å². The van der Waals surface area contributed by atoms with Gasteiger partial charge in [-0.05, 0) is 31.9 Å². The zero-order valence-electron chi connectivity index (χ0n) is 11.4. The minimum Gasteiger partial charge on any atom is -0.359 e. The molecule has 0 saturated carbocycles. The maximum Gasteiger partial charge on any atom is 0.133 e. The van der Waals surface area contributed by atoms with Gasteiger partial charge in [-0.3, -0.25) is 0 Å². The second kappa shape index (κ2) is 6.85. The highest BCUT2D eigenvalue weighted by Gasteiger charge is 2.11. The lowest BCUT2D eigenvalue weighted by Gasteiger charge is -2.22. The van der Waals surface area contributed by atoms with Crippen LogP contribution in [0.15, 0.2) is 6.07 Å². The van der Waals surface area contributed by atoms with Crippen molar-refractivity contribution < 1.29 is 0 Å². The lowest BCUT2D eigenvalue weighted by molar-refractivity contribution is 0.699. The summed E-state index contributed by atoms with van der Waals surface area (Å²) >= 11 is 6.03. The second-order valence-corrected chi connectivity index (χ2v) is 4.91. The van der Waals surface area contributed by atoms with E-state index < -0.39 is 0 Å². The van der Waals surface area contributed by atoms with Gasteiger partial charge in [0.2, 0.25) is 0 Å². The highest BCUT2D eigenvalue weighted by molar-refractivity contribution is 6.17. The molecule has 0 aliphatic rings. The summed E-state index contributed by atoms with van der Waals surface area (Å²) in [5.74, 6) is 1.58. The second-order valence-electron chi connectivity index (χ2n) is 4.64. The first-order chi connectivity index (χ1) is 8.10. The molecule has 1 rings (SSSR count). The van der Waals surface area contributed by atoms with Gasteiger partial charge in [-0.2, -0.15) is 0 Å². The van der Waals surface area contributed by atoms with Crippen LogP contribution in [-0.2, 0) is 5.88 Å². The average molecular weight is 255 g/mol. The number of aryl methyl sites for hydroxylation is 2. The number of hydrogen-bond donors (Lipinski definition) is 0. The number of pyridine rings is 1. The van der Waals surface area contributed by atoms with Gasteiger partial charge in [0.15, 0.2) is 0 Å². The molecule has 0 aromatic carbocycles. The smallest absolute Gasteiger partial charge is 0.133 e. The Morgan fingerprint density at radius 3 is 2.59 bits per heavy atom. The Morgan fingerprint density at radius 2 is 2.00 bits per heavy atom. The predicted octanol–water partition coefficient (Wildman–Crippen LogP) is 4.06. The van der Waals surface area contributed by atoms with Crippen LogP contribution in [0.4, 0.5) is 5.82 Å². The Hall–Kier alpha value is -0.760. The molecule has 0 atom stereocenters. The number of aromatic nitrogens is 1. The molecule has 0 amide bonds. The van der Waals surface area contributed by atoms with Gasteiger partial charge >= 0.3 is 0 Å². The van der Waals surface area contributed by atoms with Crippen molar-refractivity contribution in [3.8, 4) is 0 Å². The van der Waals surface area contributed by atoms with Crippen LogP contribution in [0.5, 0.6) is 0 Å². The van der Waals surface area contributed by atoms with Crippen LogP contribution in [0.1, 0.15) is 43.0 Å². The normalized spacial score (nSPS) is 10.6. The van der Waals surface area contributed by atoms with Crippen molar-refractivity contribution in [2.75, 3.05) is 18.5 Å². The van der Waals surface area contributed by atoms with Crippen molar-refractivity contribution >= 4 is 17.4 Å². The lowest BCUT2D eigenvalue weighted by Crippen LogP contribution is -2.22. The van der Waals surface area contributed by atoms with Crippen molar-refractivity contribution in [2.24, 2.45) is 0 Å². The van der Waals surface area contributed by atoms with E-state index in [2.05, 4.69) is 36.8 Å². The van der Waals surface area contributed by atoms with Crippen LogP contribution in [0.2, 0.25) is 0 Å². The van der Waals surface area contributed by atoms with Gasteiger partial charge in [-0.15, -0.1) is 11.6 Å². The van der Waals surface area contributed by atoms with Gasteiger partial charge in [0.1, 0.15) is 5.82 Å². The van der Waals surface area contributed by atoms with Crippen LogP contribution in [0.3, 0.4) is 0 Å². The Morgan fingerprint density at radius 1 is 1.29 bits per heavy atom. The molecule has 0 fully saturated rings. The first kappa shape index (κ1) is 14.3. The molecule has 0 saturated heterocycles. The van der Waals surface area contributed by atoms with Crippen LogP contribution >= 0.6 is 11.6 Å².